The standard InChI is InChI=1S/C71H106O12/c1-4-7-10-13-16-19-22-25-28-30-32-34-37-39-42-45-48-51-54-57-63(72)79-60-62(81-64(73)58-55-52-49-46-43-41-38-35-33-31-29-26-23-20-17-14-11-8-5-2)61-80-71-69(67(76)66(75)68(83-71)70(77)78)82-65(74)59-56-53-50-47-44-40-36-27-24-21-18-15-12-9-6-3/h7-12,16-21,25-29,32-36,39,42,44,47-48,51,62,66-69,71,75-76H,4-6,13-15,22-24,30-31,37-38,40-41,43,45-46,49-50,52-61H2,1-3H3,(H,77,78)/b10-7-,11-8-,12-9-,19-16-,20-17-,21-18-,28-25-,29-26-,34-32-,35-33-,36-27-,42-39-,47-44-,51-48-. The number of carboxylic acids is 1. The number of unbranched alkanes of at least 4 members (excludes halogenated alkanes) is 8. The van der Waals surface area contributed by atoms with Crippen molar-refractivity contribution in [3.8, 4) is 0 Å². The number of aliphatic hydroxyl groups is 2. The summed E-state index contributed by atoms with van der Waals surface area (Å²) in [5.74, 6) is -3.34. The molecule has 12 heteroatoms. The second-order valence-electron chi connectivity index (χ2n) is 20.2. The molecule has 0 aromatic carbocycles. The van der Waals surface area contributed by atoms with Crippen LogP contribution in [0, 0.1) is 0 Å². The van der Waals surface area contributed by atoms with Crippen LogP contribution in [-0.2, 0) is 42.9 Å². The van der Waals surface area contributed by atoms with Crippen LogP contribution in [0.15, 0.2) is 170 Å². The minimum Gasteiger partial charge on any atom is -0.479 e. The summed E-state index contributed by atoms with van der Waals surface area (Å²) in [5.41, 5.74) is 0. The van der Waals surface area contributed by atoms with Crippen LogP contribution in [0.2, 0.25) is 0 Å². The van der Waals surface area contributed by atoms with Gasteiger partial charge in [-0.1, -0.05) is 217 Å². The van der Waals surface area contributed by atoms with Crippen LogP contribution in [0.5, 0.6) is 0 Å². The lowest BCUT2D eigenvalue weighted by molar-refractivity contribution is -0.301. The van der Waals surface area contributed by atoms with E-state index in [0.29, 0.717) is 32.1 Å². The van der Waals surface area contributed by atoms with E-state index in [9.17, 15) is 34.5 Å². The monoisotopic (exact) mass is 1150 g/mol. The molecule has 83 heavy (non-hydrogen) atoms. The van der Waals surface area contributed by atoms with Gasteiger partial charge in [-0.2, -0.15) is 0 Å². The Morgan fingerprint density at radius 2 is 0.747 bits per heavy atom. The normalized spacial score (nSPS) is 18.8. The Balaban J connectivity index is 2.77. The van der Waals surface area contributed by atoms with Gasteiger partial charge in [0.25, 0.3) is 0 Å². The van der Waals surface area contributed by atoms with Gasteiger partial charge in [0.15, 0.2) is 24.6 Å². The zero-order chi connectivity index (χ0) is 60.3. The summed E-state index contributed by atoms with van der Waals surface area (Å²) < 4.78 is 28.3. The Hall–Kier alpha value is -5.92. The first kappa shape index (κ1) is 75.1. The number of esters is 3. The van der Waals surface area contributed by atoms with Crippen LogP contribution < -0.4 is 0 Å². The Morgan fingerprint density at radius 3 is 1.17 bits per heavy atom. The molecule has 1 aliphatic rings. The third-order valence-electron chi connectivity index (χ3n) is 12.8. The fraction of sp³-hybridized carbons (Fsp3) is 0.549. The molecule has 1 aliphatic heterocycles. The van der Waals surface area contributed by atoms with Crippen LogP contribution in [0.4, 0.5) is 0 Å². The second-order valence-corrected chi connectivity index (χ2v) is 20.2. The molecule has 0 bridgehead atoms. The van der Waals surface area contributed by atoms with Gasteiger partial charge in [0, 0.05) is 19.3 Å². The number of rotatable bonds is 50. The molecule has 0 aromatic heterocycles. The van der Waals surface area contributed by atoms with Crippen LogP contribution in [-0.4, -0.2) is 89.2 Å². The van der Waals surface area contributed by atoms with Crippen molar-refractivity contribution in [1.82, 2.24) is 0 Å². The van der Waals surface area contributed by atoms with E-state index in [0.717, 1.165) is 128 Å². The molecule has 1 saturated heterocycles. The van der Waals surface area contributed by atoms with Crippen molar-refractivity contribution in [2.75, 3.05) is 13.2 Å². The molecule has 6 atom stereocenters. The zero-order valence-electron chi connectivity index (χ0n) is 50.9. The second kappa shape index (κ2) is 56.6. The third kappa shape index (κ3) is 46.2. The zero-order valence-corrected chi connectivity index (χ0v) is 50.9. The average molecular weight is 1150 g/mol. The van der Waals surface area contributed by atoms with Crippen LogP contribution in [0.1, 0.15) is 201 Å². The van der Waals surface area contributed by atoms with E-state index in [-0.39, 0.29) is 25.9 Å². The highest BCUT2D eigenvalue weighted by Crippen LogP contribution is 2.26. The predicted octanol–water partition coefficient (Wildman–Crippen LogP) is 16.7. The summed E-state index contributed by atoms with van der Waals surface area (Å²) in [6.07, 6.45) is 71.8. The fourth-order valence-electron chi connectivity index (χ4n) is 8.14. The molecule has 6 unspecified atom stereocenters. The number of aliphatic hydroxyl groups excluding tert-OH is 2. The van der Waals surface area contributed by atoms with Crippen molar-refractivity contribution in [1.29, 1.82) is 0 Å². The number of aliphatic carboxylic acids is 1. The molecule has 1 heterocycles. The van der Waals surface area contributed by atoms with E-state index in [2.05, 4.69) is 179 Å². The lowest BCUT2D eigenvalue weighted by Gasteiger charge is -2.40. The number of hydrogen-bond acceptors (Lipinski definition) is 11. The minimum absolute atomic E-state index is 0.0112. The van der Waals surface area contributed by atoms with Gasteiger partial charge < -0.3 is 39.0 Å². The highest BCUT2D eigenvalue weighted by Gasteiger charge is 2.50. The molecule has 0 aliphatic carbocycles. The number of carbonyl (C=O) groups is 4. The smallest absolute Gasteiger partial charge is 0.335 e. The first-order valence-electron chi connectivity index (χ1n) is 31.1. The van der Waals surface area contributed by atoms with Crippen molar-refractivity contribution < 1.29 is 58.2 Å². The van der Waals surface area contributed by atoms with Crippen LogP contribution in [0.25, 0.3) is 0 Å². The summed E-state index contributed by atoms with van der Waals surface area (Å²) in [4.78, 5) is 51.2. The van der Waals surface area contributed by atoms with Crippen molar-refractivity contribution >= 4 is 23.9 Å². The number of allylic oxidation sites excluding steroid dienone is 28. The Labute approximate surface area is 500 Å². The molecular weight excluding hydrogens is 1040 g/mol. The van der Waals surface area contributed by atoms with Crippen LogP contribution in [0.3, 0.4) is 0 Å². The van der Waals surface area contributed by atoms with Gasteiger partial charge in [-0.25, -0.2) is 4.79 Å². The molecule has 1 rings (SSSR count). The first-order valence-corrected chi connectivity index (χ1v) is 31.1. The molecular formula is C71H106O12. The summed E-state index contributed by atoms with van der Waals surface area (Å²) >= 11 is 0. The van der Waals surface area contributed by atoms with Crippen molar-refractivity contribution in [2.45, 2.75) is 237 Å². The molecule has 3 N–H and O–H groups in total. The molecule has 462 valence electrons. The average Bonchev–Trinajstić information content (AvgIpc) is 3.58. The number of carboxylic acid groups (broad SMARTS) is 1. The Bertz CT molecular complexity index is 2090. The van der Waals surface area contributed by atoms with Gasteiger partial charge in [0.2, 0.25) is 0 Å². The third-order valence-corrected chi connectivity index (χ3v) is 12.8. The van der Waals surface area contributed by atoms with Gasteiger partial charge in [-0.15, -0.1) is 0 Å². The largest absolute Gasteiger partial charge is 0.479 e. The number of hydrogen-bond donors (Lipinski definition) is 3. The van der Waals surface area contributed by atoms with Gasteiger partial charge in [-0.3, -0.25) is 14.4 Å². The topological polar surface area (TPSA) is 175 Å². The van der Waals surface area contributed by atoms with Gasteiger partial charge in [-0.05, 0) is 135 Å². The predicted molar refractivity (Wildman–Crippen MR) is 339 cm³/mol. The van der Waals surface area contributed by atoms with E-state index in [4.69, 9.17) is 23.7 Å². The van der Waals surface area contributed by atoms with Crippen molar-refractivity contribution in [2.24, 2.45) is 0 Å². The van der Waals surface area contributed by atoms with E-state index in [1.54, 1.807) is 0 Å². The molecule has 0 spiro atoms. The Kier molecular flexibility index (Phi) is 51.2. The summed E-state index contributed by atoms with van der Waals surface area (Å²) in [6.45, 7) is 5.54. The van der Waals surface area contributed by atoms with E-state index >= 15 is 0 Å². The maximum absolute atomic E-state index is 13.2. The molecule has 0 amide bonds. The van der Waals surface area contributed by atoms with E-state index in [1.165, 1.54) is 0 Å². The van der Waals surface area contributed by atoms with Crippen molar-refractivity contribution in [3.63, 3.8) is 0 Å². The maximum atomic E-state index is 13.2. The lowest BCUT2D eigenvalue weighted by Crippen LogP contribution is -2.61. The highest BCUT2D eigenvalue weighted by atomic mass is 16.7. The van der Waals surface area contributed by atoms with E-state index < -0.39 is 67.3 Å². The summed E-state index contributed by atoms with van der Waals surface area (Å²) in [7, 11) is 0. The maximum Gasteiger partial charge on any atom is 0.335 e. The van der Waals surface area contributed by atoms with Gasteiger partial charge in [0.1, 0.15) is 18.8 Å². The molecule has 0 saturated carbocycles. The molecule has 0 aromatic rings. The summed E-state index contributed by atoms with van der Waals surface area (Å²) in [5, 5.41) is 31.5. The quantitative estimate of drug-likeness (QED) is 0.0228. The number of ether oxygens (including phenoxy) is 5. The van der Waals surface area contributed by atoms with Gasteiger partial charge >= 0.3 is 23.9 Å². The number of carbonyl (C=O) groups excluding carboxylic acids is 3. The minimum atomic E-state index is -1.94. The molecule has 0 radical (unpaired) electrons. The summed E-state index contributed by atoms with van der Waals surface area (Å²) in [6, 6.07) is 0. The molecule has 1 fully saturated rings. The van der Waals surface area contributed by atoms with Crippen molar-refractivity contribution in [3.05, 3.63) is 170 Å². The SMILES string of the molecule is CC/C=C\C/C=C\C/C=C\C/C=C\C/C=C\C/C=C\CCC(=O)OCC(COC1OC(C(=O)O)C(O)C(O)C1OC(=O)CCCC/C=C\C/C=C\C/C=C\C/C=C\CC)OC(=O)CCCCCCCC/C=C\C/C=C\C/C=C\C/C=C\CC. The van der Waals surface area contributed by atoms with Gasteiger partial charge in [0.05, 0.1) is 6.61 Å². The fourth-order valence-corrected chi connectivity index (χ4v) is 8.14. The van der Waals surface area contributed by atoms with E-state index in [1.807, 2.05) is 12.2 Å². The Morgan fingerprint density at radius 1 is 0.398 bits per heavy atom. The first-order chi connectivity index (χ1) is 40.6. The lowest BCUT2D eigenvalue weighted by atomic mass is 9.98. The molecule has 12 nitrogen and oxygen atoms in total. The van der Waals surface area contributed by atoms with Crippen LogP contribution >= 0.6 is 0 Å². The highest BCUT2D eigenvalue weighted by molar-refractivity contribution is 5.74.